The number of benzene rings is 1. The minimum absolute atomic E-state index is 0.0394. The number of nitrogens with one attached hydrogen (secondary N) is 1. The molecule has 0 unspecified atom stereocenters. The maximum atomic E-state index is 12.7. The van der Waals surface area contributed by atoms with Gasteiger partial charge in [-0.3, -0.25) is 10.1 Å². The van der Waals surface area contributed by atoms with Crippen LogP contribution < -0.4 is 10.2 Å². The average molecular weight is 326 g/mol. The van der Waals surface area contributed by atoms with Gasteiger partial charge in [0.15, 0.2) is 0 Å². The van der Waals surface area contributed by atoms with Gasteiger partial charge >= 0.3 is 6.18 Å². The Labute approximate surface area is 129 Å². The molecule has 2 rings (SSSR count). The summed E-state index contributed by atoms with van der Waals surface area (Å²) in [6, 6.07) is 5.63. The van der Waals surface area contributed by atoms with Gasteiger partial charge in [0.05, 0.1) is 22.4 Å². The van der Waals surface area contributed by atoms with Gasteiger partial charge in [-0.05, 0) is 24.3 Å². The van der Waals surface area contributed by atoms with Crippen LogP contribution >= 0.6 is 0 Å². The number of halogens is 3. The molecule has 0 aliphatic heterocycles. The Morgan fingerprint density at radius 3 is 2.39 bits per heavy atom. The summed E-state index contributed by atoms with van der Waals surface area (Å²) in [6.07, 6.45) is -3.20. The Kier molecular flexibility index (Phi) is 4.39. The lowest BCUT2D eigenvalue weighted by molar-refractivity contribution is -0.384. The fraction of sp³-hybridized carbons (Fsp3) is 0.214. The predicted molar refractivity (Wildman–Crippen MR) is 79.9 cm³/mol. The van der Waals surface area contributed by atoms with Crippen LogP contribution in [0.3, 0.4) is 0 Å². The van der Waals surface area contributed by atoms with Gasteiger partial charge in [0.25, 0.3) is 5.69 Å². The molecule has 0 fully saturated rings. The zero-order valence-electron chi connectivity index (χ0n) is 12.3. The second-order valence-corrected chi connectivity index (χ2v) is 4.91. The first-order valence-corrected chi connectivity index (χ1v) is 6.44. The van der Waals surface area contributed by atoms with Crippen LogP contribution in [0.5, 0.6) is 0 Å². The molecule has 0 atom stereocenters. The van der Waals surface area contributed by atoms with E-state index < -0.39 is 22.4 Å². The van der Waals surface area contributed by atoms with E-state index in [0.717, 1.165) is 12.1 Å². The van der Waals surface area contributed by atoms with E-state index >= 15 is 0 Å². The summed E-state index contributed by atoms with van der Waals surface area (Å²) in [7, 11) is 3.60. The molecule has 23 heavy (non-hydrogen) atoms. The highest BCUT2D eigenvalue weighted by atomic mass is 19.4. The predicted octanol–water partition coefficient (Wildman–Crippen LogP) is 3.82. The first-order valence-electron chi connectivity index (χ1n) is 6.44. The number of anilines is 3. The molecule has 1 N–H and O–H groups in total. The summed E-state index contributed by atoms with van der Waals surface area (Å²) in [5.74, 6) is 0.678. The van der Waals surface area contributed by atoms with E-state index in [1.54, 1.807) is 31.1 Å². The Morgan fingerprint density at radius 1 is 1.22 bits per heavy atom. The summed E-state index contributed by atoms with van der Waals surface area (Å²) < 4.78 is 38.0. The van der Waals surface area contributed by atoms with Crippen LogP contribution in [-0.2, 0) is 6.18 Å². The quantitative estimate of drug-likeness (QED) is 0.683. The van der Waals surface area contributed by atoms with Crippen molar-refractivity contribution < 1.29 is 18.1 Å². The first kappa shape index (κ1) is 16.5. The topological polar surface area (TPSA) is 71.3 Å². The molecule has 122 valence electrons. The minimum Gasteiger partial charge on any atom is -0.363 e. The number of nitrogens with zero attached hydrogens (tertiary/aromatic N) is 3. The number of rotatable bonds is 4. The number of nitro groups is 1. The van der Waals surface area contributed by atoms with Gasteiger partial charge < -0.3 is 10.2 Å². The molecule has 9 heteroatoms. The first-order chi connectivity index (χ1) is 10.7. The fourth-order valence-electron chi connectivity index (χ4n) is 1.84. The molecule has 0 aliphatic rings. The van der Waals surface area contributed by atoms with Crippen molar-refractivity contribution in [2.45, 2.75) is 6.18 Å². The molecule has 0 aliphatic carbocycles. The molecule has 0 bridgehead atoms. The molecule has 6 nitrogen and oxygen atoms in total. The number of hydrogen-bond acceptors (Lipinski definition) is 5. The van der Waals surface area contributed by atoms with Crippen molar-refractivity contribution in [2.75, 3.05) is 24.3 Å². The molecule has 0 radical (unpaired) electrons. The van der Waals surface area contributed by atoms with Crippen molar-refractivity contribution in [1.82, 2.24) is 4.98 Å². The van der Waals surface area contributed by atoms with Gasteiger partial charge in [0.2, 0.25) is 0 Å². The molecule has 1 aromatic heterocycles. The van der Waals surface area contributed by atoms with Crippen LogP contribution in [0.4, 0.5) is 36.1 Å². The van der Waals surface area contributed by atoms with Crippen molar-refractivity contribution in [1.29, 1.82) is 0 Å². The van der Waals surface area contributed by atoms with Crippen LogP contribution in [0, 0.1) is 10.1 Å². The van der Waals surface area contributed by atoms with Gasteiger partial charge in [-0.25, -0.2) is 4.98 Å². The van der Waals surface area contributed by atoms with Crippen molar-refractivity contribution in [3.63, 3.8) is 0 Å². The highest BCUT2D eigenvalue weighted by molar-refractivity contribution is 5.70. The van der Waals surface area contributed by atoms with E-state index in [2.05, 4.69) is 10.3 Å². The Morgan fingerprint density at radius 2 is 1.91 bits per heavy atom. The summed E-state index contributed by atoms with van der Waals surface area (Å²) >= 11 is 0. The minimum atomic E-state index is -4.64. The Hall–Kier alpha value is -2.84. The second kappa shape index (κ2) is 6.11. The largest absolute Gasteiger partial charge is 0.416 e. The summed E-state index contributed by atoms with van der Waals surface area (Å²) in [5.41, 5.74) is -1.34. The van der Waals surface area contributed by atoms with Crippen molar-refractivity contribution in [3.8, 4) is 0 Å². The maximum absolute atomic E-state index is 12.7. The third-order valence-corrected chi connectivity index (χ3v) is 3.01. The molecule has 1 heterocycles. The standard InChI is InChI=1S/C14H13F3N4O2/c1-20(2)13-6-4-10(8-18-13)19-11-5-3-9(14(15,16)17)7-12(11)21(22)23/h3-8,19H,1-2H3. The number of aromatic nitrogens is 1. The summed E-state index contributed by atoms with van der Waals surface area (Å²) in [4.78, 5) is 16.0. The van der Waals surface area contributed by atoms with Crippen LogP contribution in [0.2, 0.25) is 0 Å². The third kappa shape index (κ3) is 3.87. The average Bonchev–Trinajstić information content (AvgIpc) is 2.46. The molecular weight excluding hydrogens is 313 g/mol. The molecule has 2 aromatic rings. The molecule has 0 saturated heterocycles. The van der Waals surface area contributed by atoms with Crippen molar-refractivity contribution >= 4 is 22.9 Å². The number of hydrogen-bond donors (Lipinski definition) is 1. The Bertz CT molecular complexity index is 715. The van der Waals surface area contributed by atoms with Gasteiger partial charge in [-0.15, -0.1) is 0 Å². The van der Waals surface area contributed by atoms with Gasteiger partial charge in [-0.2, -0.15) is 13.2 Å². The zero-order chi connectivity index (χ0) is 17.2. The lowest BCUT2D eigenvalue weighted by Crippen LogP contribution is -2.10. The third-order valence-electron chi connectivity index (χ3n) is 3.01. The number of alkyl halides is 3. The van der Waals surface area contributed by atoms with E-state index in [9.17, 15) is 23.3 Å². The van der Waals surface area contributed by atoms with Crippen LogP contribution in [0.25, 0.3) is 0 Å². The normalized spacial score (nSPS) is 11.2. The molecule has 0 saturated carbocycles. The smallest absolute Gasteiger partial charge is 0.363 e. The number of nitro benzene ring substituents is 1. The lowest BCUT2D eigenvalue weighted by atomic mass is 10.1. The highest BCUT2D eigenvalue weighted by Gasteiger charge is 2.33. The molecular formula is C14H13F3N4O2. The van der Waals surface area contributed by atoms with Gasteiger partial charge in [0, 0.05) is 20.2 Å². The van der Waals surface area contributed by atoms with E-state index in [1.165, 1.54) is 6.20 Å². The van der Waals surface area contributed by atoms with Gasteiger partial charge in [0.1, 0.15) is 11.5 Å². The van der Waals surface area contributed by atoms with Crippen LogP contribution in [0.15, 0.2) is 36.5 Å². The van der Waals surface area contributed by atoms with Crippen LogP contribution in [0.1, 0.15) is 5.56 Å². The van der Waals surface area contributed by atoms with Crippen molar-refractivity contribution in [2.24, 2.45) is 0 Å². The van der Waals surface area contributed by atoms with Gasteiger partial charge in [-0.1, -0.05) is 0 Å². The summed E-state index contributed by atoms with van der Waals surface area (Å²) in [6.45, 7) is 0. The SMILES string of the molecule is CN(C)c1ccc(Nc2ccc(C(F)(F)F)cc2[N+](=O)[O-])cn1. The Balaban J connectivity index is 2.34. The zero-order valence-corrected chi connectivity index (χ0v) is 12.3. The fourth-order valence-corrected chi connectivity index (χ4v) is 1.84. The van der Waals surface area contributed by atoms with E-state index in [0.29, 0.717) is 17.6 Å². The molecule has 0 amide bonds. The van der Waals surface area contributed by atoms with Crippen molar-refractivity contribution in [3.05, 3.63) is 52.2 Å². The molecule has 1 aromatic carbocycles. The van der Waals surface area contributed by atoms with E-state index in [-0.39, 0.29) is 5.69 Å². The number of pyridine rings is 1. The summed E-state index contributed by atoms with van der Waals surface area (Å²) in [5, 5.41) is 13.7. The monoisotopic (exact) mass is 326 g/mol. The van der Waals surface area contributed by atoms with E-state index in [1.807, 2.05) is 0 Å². The lowest BCUT2D eigenvalue weighted by Gasteiger charge is -2.13. The maximum Gasteiger partial charge on any atom is 0.416 e. The highest BCUT2D eigenvalue weighted by Crippen LogP contribution is 2.36. The van der Waals surface area contributed by atoms with E-state index in [4.69, 9.17) is 0 Å². The molecule has 0 spiro atoms. The second-order valence-electron chi connectivity index (χ2n) is 4.91. The van der Waals surface area contributed by atoms with Crippen LogP contribution in [-0.4, -0.2) is 24.0 Å².